The van der Waals surface area contributed by atoms with E-state index in [2.05, 4.69) is 42.0 Å². The maximum atomic E-state index is 5.89. The minimum atomic E-state index is -0.467. The molecule has 2 aromatic rings. The molecule has 0 aliphatic heterocycles. The van der Waals surface area contributed by atoms with Crippen LogP contribution in [0.5, 0.6) is 0 Å². The van der Waals surface area contributed by atoms with Crippen molar-refractivity contribution in [3.8, 4) is 24.2 Å². The van der Waals surface area contributed by atoms with E-state index < -0.39 is 5.41 Å². The first-order valence-corrected chi connectivity index (χ1v) is 6.32. The van der Waals surface area contributed by atoms with Crippen LogP contribution >= 0.6 is 0 Å². The number of rotatable bonds is 3. The van der Waals surface area contributed by atoms with Crippen LogP contribution in [0.4, 0.5) is 0 Å². The molecule has 0 heterocycles. The average molecular weight is 244 g/mol. The predicted octanol–water partition coefficient (Wildman–Crippen LogP) is 4.02. The van der Waals surface area contributed by atoms with Crippen molar-refractivity contribution in [2.45, 2.75) is 18.8 Å². The van der Waals surface area contributed by atoms with Crippen LogP contribution in [0.15, 0.2) is 60.7 Å². The molecule has 0 aliphatic rings. The Morgan fingerprint density at radius 1 is 0.895 bits per heavy atom. The Labute approximate surface area is 115 Å². The lowest BCUT2D eigenvalue weighted by atomic mass is 9.73. The van der Waals surface area contributed by atoms with Gasteiger partial charge in [0.1, 0.15) is 0 Å². The minimum Gasteiger partial charge on any atom is -0.119 e. The van der Waals surface area contributed by atoms with Gasteiger partial charge in [-0.15, -0.1) is 18.3 Å². The Morgan fingerprint density at radius 3 is 1.74 bits per heavy atom. The topological polar surface area (TPSA) is 0 Å². The summed E-state index contributed by atoms with van der Waals surface area (Å²) in [6.45, 7) is 1.84. The number of terminal acetylenes is 1. The van der Waals surface area contributed by atoms with Crippen molar-refractivity contribution < 1.29 is 0 Å². The first-order valence-electron chi connectivity index (χ1n) is 6.32. The molecular weight excluding hydrogens is 228 g/mol. The third-order valence-electron chi connectivity index (χ3n) is 3.31. The molecule has 0 saturated heterocycles. The van der Waals surface area contributed by atoms with E-state index in [0.29, 0.717) is 6.42 Å². The third-order valence-corrected chi connectivity index (χ3v) is 3.31. The summed E-state index contributed by atoms with van der Waals surface area (Å²) in [4.78, 5) is 0. The van der Waals surface area contributed by atoms with Gasteiger partial charge in [0.2, 0.25) is 0 Å². The van der Waals surface area contributed by atoms with Gasteiger partial charge in [0.05, 0.1) is 5.41 Å². The number of hydrogen-bond acceptors (Lipinski definition) is 0. The first kappa shape index (κ1) is 13.0. The maximum absolute atomic E-state index is 5.89. The lowest BCUT2D eigenvalue weighted by molar-refractivity contribution is 0.692. The van der Waals surface area contributed by atoms with Crippen LogP contribution in [0.1, 0.15) is 24.5 Å². The normalized spacial score (nSPS) is 10.1. The monoisotopic (exact) mass is 244 g/mol. The van der Waals surface area contributed by atoms with Gasteiger partial charge in [0, 0.05) is 6.42 Å². The van der Waals surface area contributed by atoms with Gasteiger partial charge >= 0.3 is 0 Å². The summed E-state index contributed by atoms with van der Waals surface area (Å²) < 4.78 is 0. The molecule has 2 aromatic carbocycles. The Kier molecular flexibility index (Phi) is 4.07. The van der Waals surface area contributed by atoms with Crippen LogP contribution in [0.25, 0.3) is 0 Å². The van der Waals surface area contributed by atoms with Crippen molar-refractivity contribution in [1.82, 2.24) is 0 Å². The second-order valence-corrected chi connectivity index (χ2v) is 4.39. The molecule has 0 atom stereocenters. The minimum absolute atomic E-state index is 0.467. The highest BCUT2D eigenvalue weighted by atomic mass is 14.3. The highest BCUT2D eigenvalue weighted by molar-refractivity contribution is 5.48. The van der Waals surface area contributed by atoms with E-state index in [1.54, 1.807) is 0 Å². The van der Waals surface area contributed by atoms with Crippen LogP contribution in [0, 0.1) is 24.2 Å². The van der Waals surface area contributed by atoms with Crippen LogP contribution < -0.4 is 0 Å². The maximum Gasteiger partial charge on any atom is 0.0918 e. The smallest absolute Gasteiger partial charge is 0.0918 e. The number of benzene rings is 2. The molecule has 0 saturated carbocycles. The molecule has 0 aliphatic carbocycles. The van der Waals surface area contributed by atoms with E-state index in [-0.39, 0.29) is 0 Å². The molecule has 92 valence electrons. The lowest BCUT2D eigenvalue weighted by Gasteiger charge is -2.27. The van der Waals surface area contributed by atoms with Crippen molar-refractivity contribution in [2.24, 2.45) is 0 Å². The zero-order valence-corrected chi connectivity index (χ0v) is 11.1. The number of hydrogen-bond donors (Lipinski definition) is 0. The summed E-state index contributed by atoms with van der Waals surface area (Å²) in [5.41, 5.74) is 1.77. The largest absolute Gasteiger partial charge is 0.119 e. The molecular formula is C19H16. The summed E-state index contributed by atoms with van der Waals surface area (Å²) in [5.74, 6) is 9.08. The molecule has 0 heteroatoms. The summed E-state index contributed by atoms with van der Waals surface area (Å²) in [7, 11) is 0. The van der Waals surface area contributed by atoms with Gasteiger partial charge in [0.15, 0.2) is 0 Å². The average Bonchev–Trinajstić information content (AvgIpc) is 2.51. The van der Waals surface area contributed by atoms with Crippen molar-refractivity contribution in [3.05, 3.63) is 71.8 Å². The molecule has 0 unspecified atom stereocenters. The SMILES string of the molecule is C#CC(CC#CC)(c1ccccc1)c1ccccc1. The van der Waals surface area contributed by atoms with Gasteiger partial charge in [0.25, 0.3) is 0 Å². The van der Waals surface area contributed by atoms with Crippen LogP contribution in [0.2, 0.25) is 0 Å². The summed E-state index contributed by atoms with van der Waals surface area (Å²) in [6.07, 6.45) is 6.53. The lowest BCUT2D eigenvalue weighted by Crippen LogP contribution is -2.25. The van der Waals surface area contributed by atoms with Gasteiger partial charge < -0.3 is 0 Å². The van der Waals surface area contributed by atoms with Crippen LogP contribution in [0.3, 0.4) is 0 Å². The molecule has 2 rings (SSSR count). The third kappa shape index (κ3) is 2.54. The van der Waals surface area contributed by atoms with E-state index in [1.165, 1.54) is 0 Å². The van der Waals surface area contributed by atoms with Gasteiger partial charge in [-0.25, -0.2) is 0 Å². The van der Waals surface area contributed by atoms with Gasteiger partial charge in [-0.3, -0.25) is 0 Å². The predicted molar refractivity (Wildman–Crippen MR) is 80.6 cm³/mol. The van der Waals surface area contributed by atoms with E-state index in [0.717, 1.165) is 11.1 Å². The standard InChI is InChI=1S/C19H16/c1-3-5-16-19(4-2,17-12-8-6-9-13-17)18-14-10-7-11-15-18/h2,6-15H,16H2,1H3. The van der Waals surface area contributed by atoms with E-state index in [4.69, 9.17) is 6.42 Å². The van der Waals surface area contributed by atoms with Gasteiger partial charge in [-0.05, 0) is 18.1 Å². The fourth-order valence-electron chi connectivity index (χ4n) is 2.25. The molecule has 0 spiro atoms. The molecule has 0 aromatic heterocycles. The van der Waals surface area contributed by atoms with Gasteiger partial charge in [-0.2, -0.15) is 0 Å². The molecule has 0 amide bonds. The molecule has 0 nitrogen and oxygen atoms in total. The van der Waals surface area contributed by atoms with Crippen LogP contribution in [-0.2, 0) is 5.41 Å². The van der Waals surface area contributed by atoms with E-state index >= 15 is 0 Å². The van der Waals surface area contributed by atoms with Crippen LogP contribution in [-0.4, -0.2) is 0 Å². The second-order valence-electron chi connectivity index (χ2n) is 4.39. The van der Waals surface area contributed by atoms with E-state index in [9.17, 15) is 0 Å². The molecule has 0 fully saturated rings. The first-order chi connectivity index (χ1) is 9.33. The second kappa shape index (κ2) is 5.94. The molecule has 0 radical (unpaired) electrons. The van der Waals surface area contributed by atoms with Gasteiger partial charge in [-0.1, -0.05) is 66.6 Å². The highest BCUT2D eigenvalue weighted by Gasteiger charge is 2.31. The fourth-order valence-corrected chi connectivity index (χ4v) is 2.25. The Hall–Kier alpha value is -2.44. The Balaban J connectivity index is 2.61. The van der Waals surface area contributed by atoms with Crippen molar-refractivity contribution >= 4 is 0 Å². The quantitative estimate of drug-likeness (QED) is 0.715. The summed E-state index contributed by atoms with van der Waals surface area (Å²) >= 11 is 0. The molecule has 0 N–H and O–H groups in total. The summed E-state index contributed by atoms with van der Waals surface area (Å²) in [5, 5.41) is 0. The Morgan fingerprint density at radius 2 is 1.37 bits per heavy atom. The van der Waals surface area contributed by atoms with Crippen molar-refractivity contribution in [1.29, 1.82) is 0 Å². The zero-order chi connectivity index (χ0) is 13.6. The molecule has 0 bridgehead atoms. The van der Waals surface area contributed by atoms with Crippen molar-refractivity contribution in [2.75, 3.05) is 0 Å². The summed E-state index contributed by atoms with van der Waals surface area (Å²) in [6, 6.07) is 20.4. The van der Waals surface area contributed by atoms with Crippen molar-refractivity contribution in [3.63, 3.8) is 0 Å². The fraction of sp³-hybridized carbons (Fsp3) is 0.158. The Bertz CT molecular complexity index is 579. The van der Waals surface area contributed by atoms with E-state index in [1.807, 2.05) is 43.3 Å². The highest BCUT2D eigenvalue weighted by Crippen LogP contribution is 2.34. The zero-order valence-electron chi connectivity index (χ0n) is 11.1. The molecule has 19 heavy (non-hydrogen) atoms.